The number of amides is 1. The summed E-state index contributed by atoms with van der Waals surface area (Å²) in [6, 6.07) is 6.22. The molecule has 116 valence electrons. The molecule has 1 aliphatic carbocycles. The third-order valence-corrected chi connectivity index (χ3v) is 4.65. The van der Waals surface area contributed by atoms with Gasteiger partial charge >= 0.3 is 0 Å². The molecule has 1 amide bonds. The second-order valence-electron chi connectivity index (χ2n) is 7.01. The number of aryl methyl sites for hydroxylation is 2. The van der Waals surface area contributed by atoms with Crippen LogP contribution < -0.4 is 5.32 Å². The van der Waals surface area contributed by atoms with Gasteiger partial charge in [0.15, 0.2) is 0 Å². The number of carbonyl (C=O) groups excluding carboxylic acids is 1. The molecule has 0 fully saturated rings. The van der Waals surface area contributed by atoms with Crippen LogP contribution >= 0.6 is 0 Å². The molecule has 0 saturated carbocycles. The Kier molecular flexibility index (Phi) is 3.35. The zero-order valence-corrected chi connectivity index (χ0v) is 13.9. The lowest BCUT2D eigenvalue weighted by atomic mass is 9.86. The minimum absolute atomic E-state index is 0.0871. The van der Waals surface area contributed by atoms with Crippen LogP contribution in [0.15, 0.2) is 24.4 Å². The van der Waals surface area contributed by atoms with E-state index in [1.54, 1.807) is 10.9 Å². The van der Waals surface area contributed by atoms with Crippen LogP contribution in [0.2, 0.25) is 0 Å². The van der Waals surface area contributed by atoms with Crippen molar-refractivity contribution in [2.75, 3.05) is 5.32 Å². The number of anilines is 1. The number of hydrogen-bond acceptors (Lipinski definition) is 2. The van der Waals surface area contributed by atoms with Crippen LogP contribution in [0.5, 0.6) is 0 Å². The van der Waals surface area contributed by atoms with Crippen LogP contribution in [0, 0.1) is 6.92 Å². The van der Waals surface area contributed by atoms with Crippen molar-refractivity contribution in [3.05, 3.63) is 46.8 Å². The van der Waals surface area contributed by atoms with Gasteiger partial charge in [0.2, 0.25) is 0 Å². The maximum Gasteiger partial charge on any atom is 0.259 e. The van der Waals surface area contributed by atoms with Crippen molar-refractivity contribution in [2.45, 2.75) is 45.4 Å². The highest BCUT2D eigenvalue weighted by Gasteiger charge is 2.36. The molecule has 1 heterocycles. The van der Waals surface area contributed by atoms with E-state index < -0.39 is 0 Å². The molecule has 22 heavy (non-hydrogen) atoms. The molecular weight excluding hydrogens is 274 g/mol. The average Bonchev–Trinajstić information content (AvgIpc) is 2.87. The molecule has 0 radical (unpaired) electrons. The van der Waals surface area contributed by atoms with E-state index in [2.05, 4.69) is 37.3 Å². The number of benzene rings is 1. The Hall–Kier alpha value is -2.10. The highest BCUT2D eigenvalue weighted by atomic mass is 16.1. The SMILES string of the molecule is Cc1nn(C)cc1C(=O)Nc1cccc2c1[C@H](C)CC2(C)C. The molecule has 1 aromatic heterocycles. The molecule has 0 aliphatic heterocycles. The van der Waals surface area contributed by atoms with Crippen molar-refractivity contribution in [2.24, 2.45) is 7.05 Å². The zero-order valence-electron chi connectivity index (χ0n) is 13.9. The van der Waals surface area contributed by atoms with Gasteiger partial charge in [0.25, 0.3) is 5.91 Å². The molecule has 0 unspecified atom stereocenters. The van der Waals surface area contributed by atoms with Crippen molar-refractivity contribution in [3.8, 4) is 0 Å². The van der Waals surface area contributed by atoms with Gasteiger partial charge in [-0.3, -0.25) is 9.48 Å². The molecule has 4 nitrogen and oxygen atoms in total. The number of fused-ring (bicyclic) bond motifs is 1. The fourth-order valence-electron chi connectivity index (χ4n) is 3.78. The molecule has 1 atom stereocenters. The predicted molar refractivity (Wildman–Crippen MR) is 88.4 cm³/mol. The smallest absolute Gasteiger partial charge is 0.259 e. The summed E-state index contributed by atoms with van der Waals surface area (Å²) in [6.45, 7) is 8.63. The summed E-state index contributed by atoms with van der Waals surface area (Å²) < 4.78 is 1.67. The molecule has 1 aromatic carbocycles. The Morgan fingerprint density at radius 1 is 1.41 bits per heavy atom. The molecule has 2 aromatic rings. The Morgan fingerprint density at radius 2 is 2.14 bits per heavy atom. The lowest BCUT2D eigenvalue weighted by molar-refractivity contribution is 0.102. The van der Waals surface area contributed by atoms with Gasteiger partial charge in [-0.05, 0) is 41.9 Å². The normalized spacial score (nSPS) is 19.0. The molecular formula is C18H23N3O. The number of nitrogens with zero attached hydrogens (tertiary/aromatic N) is 2. The summed E-state index contributed by atoms with van der Waals surface area (Å²) in [7, 11) is 1.83. The average molecular weight is 297 g/mol. The summed E-state index contributed by atoms with van der Waals surface area (Å²) in [5.41, 5.74) is 5.11. The Labute approximate surface area is 131 Å². The molecule has 1 N–H and O–H groups in total. The first-order chi connectivity index (χ1) is 10.3. The second kappa shape index (κ2) is 4.97. The number of aromatic nitrogens is 2. The minimum atomic E-state index is -0.0871. The fraction of sp³-hybridized carbons (Fsp3) is 0.444. The van der Waals surface area contributed by atoms with Gasteiger partial charge in [-0.1, -0.05) is 32.9 Å². The van der Waals surface area contributed by atoms with E-state index in [9.17, 15) is 4.79 Å². The first kappa shape index (κ1) is 14.8. The molecule has 0 bridgehead atoms. The Bertz CT molecular complexity index is 743. The summed E-state index contributed by atoms with van der Waals surface area (Å²) in [6.07, 6.45) is 2.88. The summed E-state index contributed by atoms with van der Waals surface area (Å²) in [4.78, 5) is 12.6. The van der Waals surface area contributed by atoms with E-state index in [1.807, 2.05) is 26.1 Å². The van der Waals surface area contributed by atoms with Crippen LogP contribution in [0.3, 0.4) is 0 Å². The first-order valence-corrected chi connectivity index (χ1v) is 7.74. The van der Waals surface area contributed by atoms with Crippen LogP contribution in [0.25, 0.3) is 0 Å². The van der Waals surface area contributed by atoms with Gasteiger partial charge in [0, 0.05) is 18.9 Å². The van der Waals surface area contributed by atoms with E-state index in [0.29, 0.717) is 11.5 Å². The van der Waals surface area contributed by atoms with Gasteiger partial charge in [0.05, 0.1) is 11.3 Å². The predicted octanol–water partition coefficient (Wildman–Crippen LogP) is 3.77. The van der Waals surface area contributed by atoms with Crippen LogP contribution in [0.1, 0.15) is 60.3 Å². The number of nitrogens with one attached hydrogen (secondary N) is 1. The van der Waals surface area contributed by atoms with E-state index in [4.69, 9.17) is 0 Å². The molecule has 1 aliphatic rings. The van der Waals surface area contributed by atoms with Gasteiger partial charge < -0.3 is 5.32 Å². The van der Waals surface area contributed by atoms with Crippen LogP contribution in [0.4, 0.5) is 5.69 Å². The highest BCUT2D eigenvalue weighted by molar-refractivity contribution is 6.05. The van der Waals surface area contributed by atoms with Crippen LogP contribution in [-0.2, 0) is 12.5 Å². The number of hydrogen-bond donors (Lipinski definition) is 1. The number of carbonyl (C=O) groups is 1. The minimum Gasteiger partial charge on any atom is -0.322 e. The third-order valence-electron chi connectivity index (χ3n) is 4.65. The molecule has 4 heteroatoms. The van der Waals surface area contributed by atoms with Crippen LogP contribution in [-0.4, -0.2) is 15.7 Å². The lowest BCUT2D eigenvalue weighted by Gasteiger charge is -2.19. The molecule has 3 rings (SSSR count). The maximum absolute atomic E-state index is 12.6. The number of rotatable bonds is 2. The van der Waals surface area contributed by atoms with Gasteiger partial charge in [-0.15, -0.1) is 0 Å². The highest BCUT2D eigenvalue weighted by Crippen LogP contribution is 2.48. The van der Waals surface area contributed by atoms with Crippen molar-refractivity contribution in [1.29, 1.82) is 0 Å². The molecule has 0 spiro atoms. The maximum atomic E-state index is 12.6. The van der Waals surface area contributed by atoms with Gasteiger partial charge in [-0.2, -0.15) is 5.10 Å². The largest absolute Gasteiger partial charge is 0.322 e. The Balaban J connectivity index is 1.96. The van der Waals surface area contributed by atoms with Gasteiger partial charge in [0.1, 0.15) is 0 Å². The quantitative estimate of drug-likeness (QED) is 0.917. The van der Waals surface area contributed by atoms with E-state index in [0.717, 1.165) is 17.8 Å². The second-order valence-corrected chi connectivity index (χ2v) is 7.01. The molecule has 0 saturated heterocycles. The van der Waals surface area contributed by atoms with E-state index in [-0.39, 0.29) is 11.3 Å². The monoisotopic (exact) mass is 297 g/mol. The first-order valence-electron chi connectivity index (χ1n) is 7.74. The van der Waals surface area contributed by atoms with E-state index >= 15 is 0 Å². The third kappa shape index (κ3) is 2.32. The fourth-order valence-corrected chi connectivity index (χ4v) is 3.78. The summed E-state index contributed by atoms with van der Waals surface area (Å²) in [5.74, 6) is 0.368. The topological polar surface area (TPSA) is 46.9 Å². The summed E-state index contributed by atoms with van der Waals surface area (Å²) in [5, 5.41) is 7.33. The van der Waals surface area contributed by atoms with Crippen molar-refractivity contribution >= 4 is 11.6 Å². The van der Waals surface area contributed by atoms with Gasteiger partial charge in [-0.25, -0.2) is 0 Å². The standard InChI is InChI=1S/C18H23N3O/c1-11-9-18(3,4)14-7-6-8-15(16(11)14)19-17(22)13-10-21(5)20-12(13)2/h6-8,10-11H,9H2,1-5H3,(H,19,22)/t11-/m1/s1. The van der Waals surface area contributed by atoms with Crippen molar-refractivity contribution in [3.63, 3.8) is 0 Å². The summed E-state index contributed by atoms with van der Waals surface area (Å²) >= 11 is 0. The lowest BCUT2D eigenvalue weighted by Crippen LogP contribution is -2.15. The van der Waals surface area contributed by atoms with Crippen molar-refractivity contribution in [1.82, 2.24) is 9.78 Å². The zero-order chi connectivity index (χ0) is 16.1. The Morgan fingerprint density at radius 3 is 2.77 bits per heavy atom. The van der Waals surface area contributed by atoms with E-state index in [1.165, 1.54) is 11.1 Å². The van der Waals surface area contributed by atoms with Crippen molar-refractivity contribution < 1.29 is 4.79 Å².